The fourth-order valence-electron chi connectivity index (χ4n) is 1.82. The molecule has 0 fully saturated rings. The van der Waals surface area contributed by atoms with Gasteiger partial charge in [0.1, 0.15) is 5.01 Å². The van der Waals surface area contributed by atoms with Crippen molar-refractivity contribution in [2.24, 2.45) is 11.7 Å². The van der Waals surface area contributed by atoms with Gasteiger partial charge in [-0.25, -0.2) is 0 Å². The van der Waals surface area contributed by atoms with Crippen LogP contribution >= 0.6 is 22.9 Å². The number of carbonyl (C=O) groups is 1. The molecule has 112 valence electrons. The van der Waals surface area contributed by atoms with Gasteiger partial charge in [-0.3, -0.25) is 10.1 Å². The molecule has 5 nitrogen and oxygen atoms in total. The second-order valence-corrected chi connectivity index (χ2v) is 6.56. The van der Waals surface area contributed by atoms with Gasteiger partial charge in [0.2, 0.25) is 11.0 Å². The van der Waals surface area contributed by atoms with Crippen molar-refractivity contribution in [3.8, 4) is 10.6 Å². The molecule has 0 aliphatic rings. The highest BCUT2D eigenvalue weighted by Gasteiger charge is 2.17. The smallest absolute Gasteiger partial charge is 0.243 e. The Hall–Kier alpha value is -1.50. The highest BCUT2D eigenvalue weighted by atomic mass is 35.5. The van der Waals surface area contributed by atoms with E-state index in [0.717, 1.165) is 5.56 Å². The standard InChI is InChI=1S/C14H17ClN4OS/c1-8(2)6-11(16)12(20)17-14-19-18-13(21-14)9-4-3-5-10(15)7-9/h3-5,7-8,11H,6,16H2,1-2H3,(H,17,19,20)/t11-/m0/s1. The Bertz CT molecular complexity index is 629. The van der Waals surface area contributed by atoms with E-state index < -0.39 is 6.04 Å². The zero-order chi connectivity index (χ0) is 15.4. The van der Waals surface area contributed by atoms with Crippen molar-refractivity contribution < 1.29 is 4.79 Å². The molecule has 0 aliphatic carbocycles. The molecule has 1 atom stereocenters. The SMILES string of the molecule is CC(C)C[C@H](N)C(=O)Nc1nnc(-c2cccc(Cl)c2)s1. The van der Waals surface area contributed by atoms with Crippen molar-refractivity contribution in [3.63, 3.8) is 0 Å². The number of hydrogen-bond donors (Lipinski definition) is 2. The second kappa shape index (κ2) is 6.98. The van der Waals surface area contributed by atoms with Crippen LogP contribution in [0.3, 0.4) is 0 Å². The zero-order valence-electron chi connectivity index (χ0n) is 11.8. The van der Waals surface area contributed by atoms with Crippen LogP contribution in [-0.2, 0) is 4.79 Å². The summed E-state index contributed by atoms with van der Waals surface area (Å²) in [4.78, 5) is 11.9. The minimum Gasteiger partial charge on any atom is -0.320 e. The van der Waals surface area contributed by atoms with Crippen LogP contribution in [0.5, 0.6) is 0 Å². The van der Waals surface area contributed by atoms with Crippen molar-refractivity contribution >= 4 is 34.0 Å². The Labute approximate surface area is 132 Å². The van der Waals surface area contributed by atoms with E-state index in [-0.39, 0.29) is 5.91 Å². The van der Waals surface area contributed by atoms with Gasteiger partial charge in [-0.1, -0.05) is 48.9 Å². The van der Waals surface area contributed by atoms with E-state index in [4.69, 9.17) is 17.3 Å². The summed E-state index contributed by atoms with van der Waals surface area (Å²) in [5.74, 6) is 0.125. The summed E-state index contributed by atoms with van der Waals surface area (Å²) in [7, 11) is 0. The molecular weight excluding hydrogens is 308 g/mol. The maximum Gasteiger partial charge on any atom is 0.243 e. The number of nitrogens with one attached hydrogen (secondary N) is 1. The molecule has 0 bridgehead atoms. The second-order valence-electron chi connectivity index (χ2n) is 5.15. The van der Waals surface area contributed by atoms with Gasteiger partial charge in [-0.05, 0) is 24.5 Å². The van der Waals surface area contributed by atoms with E-state index in [1.165, 1.54) is 11.3 Å². The number of carbonyl (C=O) groups excluding carboxylic acids is 1. The zero-order valence-corrected chi connectivity index (χ0v) is 13.4. The van der Waals surface area contributed by atoms with Gasteiger partial charge in [0, 0.05) is 10.6 Å². The van der Waals surface area contributed by atoms with E-state index in [1.54, 1.807) is 12.1 Å². The van der Waals surface area contributed by atoms with E-state index in [2.05, 4.69) is 15.5 Å². The number of amides is 1. The first-order valence-electron chi connectivity index (χ1n) is 6.61. The van der Waals surface area contributed by atoms with Gasteiger partial charge < -0.3 is 5.73 Å². The summed E-state index contributed by atoms with van der Waals surface area (Å²) in [5.41, 5.74) is 6.70. The van der Waals surface area contributed by atoms with Crippen LogP contribution in [0.4, 0.5) is 5.13 Å². The van der Waals surface area contributed by atoms with Gasteiger partial charge in [0.25, 0.3) is 0 Å². The fourth-order valence-corrected chi connectivity index (χ4v) is 2.76. The summed E-state index contributed by atoms with van der Waals surface area (Å²) >= 11 is 7.24. The third-order valence-electron chi connectivity index (χ3n) is 2.79. The highest BCUT2D eigenvalue weighted by molar-refractivity contribution is 7.18. The summed E-state index contributed by atoms with van der Waals surface area (Å²) in [5, 5.41) is 12.5. The monoisotopic (exact) mass is 324 g/mol. The van der Waals surface area contributed by atoms with Crippen molar-refractivity contribution in [1.29, 1.82) is 0 Å². The molecule has 0 saturated carbocycles. The molecule has 21 heavy (non-hydrogen) atoms. The lowest BCUT2D eigenvalue weighted by Crippen LogP contribution is -2.36. The van der Waals surface area contributed by atoms with Crippen molar-refractivity contribution in [1.82, 2.24) is 10.2 Å². The molecule has 0 spiro atoms. The largest absolute Gasteiger partial charge is 0.320 e. The quantitative estimate of drug-likeness (QED) is 0.885. The predicted octanol–water partition coefficient (Wildman–Crippen LogP) is 3.17. The van der Waals surface area contributed by atoms with Gasteiger partial charge in [-0.15, -0.1) is 10.2 Å². The van der Waals surface area contributed by atoms with Gasteiger partial charge in [-0.2, -0.15) is 0 Å². The number of aromatic nitrogens is 2. The Morgan fingerprint density at radius 1 is 1.43 bits per heavy atom. The summed E-state index contributed by atoms with van der Waals surface area (Å²) in [6.07, 6.45) is 0.631. The molecule has 0 saturated heterocycles. The predicted molar refractivity (Wildman–Crippen MR) is 86.4 cm³/mol. The topological polar surface area (TPSA) is 80.9 Å². The summed E-state index contributed by atoms with van der Waals surface area (Å²) in [6, 6.07) is 6.79. The minimum absolute atomic E-state index is 0.238. The first kappa shape index (κ1) is 15.9. The maximum atomic E-state index is 11.9. The fraction of sp³-hybridized carbons (Fsp3) is 0.357. The third-order valence-corrected chi connectivity index (χ3v) is 3.91. The lowest BCUT2D eigenvalue weighted by atomic mass is 10.0. The molecular formula is C14H17ClN4OS. The molecule has 0 radical (unpaired) electrons. The molecule has 0 aliphatic heterocycles. The molecule has 7 heteroatoms. The first-order chi connectivity index (χ1) is 9.95. The molecule has 2 rings (SSSR count). The van der Waals surface area contributed by atoms with Crippen LogP contribution < -0.4 is 11.1 Å². The Morgan fingerprint density at radius 2 is 2.19 bits per heavy atom. The normalized spacial score (nSPS) is 12.4. The Kier molecular flexibility index (Phi) is 5.27. The molecule has 0 unspecified atom stereocenters. The van der Waals surface area contributed by atoms with Crippen LogP contribution in [0.1, 0.15) is 20.3 Å². The lowest BCUT2D eigenvalue weighted by Gasteiger charge is -2.12. The number of hydrogen-bond acceptors (Lipinski definition) is 5. The average Bonchev–Trinajstić information content (AvgIpc) is 2.86. The molecule has 2 aromatic rings. The molecule has 1 aromatic heterocycles. The van der Waals surface area contributed by atoms with Crippen LogP contribution in [0.15, 0.2) is 24.3 Å². The number of nitrogens with zero attached hydrogens (tertiary/aromatic N) is 2. The van der Waals surface area contributed by atoms with Crippen LogP contribution in [0, 0.1) is 5.92 Å². The first-order valence-corrected chi connectivity index (χ1v) is 7.81. The van der Waals surface area contributed by atoms with Crippen LogP contribution in [0.2, 0.25) is 5.02 Å². The van der Waals surface area contributed by atoms with Gasteiger partial charge in [0.15, 0.2) is 0 Å². The van der Waals surface area contributed by atoms with Crippen LogP contribution in [0.25, 0.3) is 10.6 Å². The van der Waals surface area contributed by atoms with Gasteiger partial charge >= 0.3 is 0 Å². The van der Waals surface area contributed by atoms with Crippen molar-refractivity contribution in [3.05, 3.63) is 29.3 Å². The number of rotatable bonds is 5. The van der Waals surface area contributed by atoms with E-state index in [1.807, 2.05) is 26.0 Å². The van der Waals surface area contributed by atoms with E-state index in [9.17, 15) is 4.79 Å². The average molecular weight is 325 g/mol. The lowest BCUT2D eigenvalue weighted by molar-refractivity contribution is -0.117. The molecule has 1 amide bonds. The number of anilines is 1. The summed E-state index contributed by atoms with van der Waals surface area (Å²) < 4.78 is 0. The van der Waals surface area contributed by atoms with Gasteiger partial charge in [0.05, 0.1) is 6.04 Å². The van der Waals surface area contributed by atoms with E-state index >= 15 is 0 Å². The van der Waals surface area contributed by atoms with Crippen LogP contribution in [-0.4, -0.2) is 22.1 Å². The molecule has 3 N–H and O–H groups in total. The minimum atomic E-state index is -0.538. The molecule has 1 aromatic carbocycles. The van der Waals surface area contributed by atoms with Crippen molar-refractivity contribution in [2.45, 2.75) is 26.3 Å². The Morgan fingerprint density at radius 3 is 2.86 bits per heavy atom. The summed E-state index contributed by atoms with van der Waals surface area (Å²) in [6.45, 7) is 4.05. The number of benzene rings is 1. The third kappa shape index (κ3) is 4.49. The number of halogens is 1. The highest BCUT2D eigenvalue weighted by Crippen LogP contribution is 2.28. The van der Waals surface area contributed by atoms with Crippen molar-refractivity contribution in [2.75, 3.05) is 5.32 Å². The Balaban J connectivity index is 2.05. The maximum absolute atomic E-state index is 11.9. The molecule has 1 heterocycles. The van der Waals surface area contributed by atoms with E-state index in [0.29, 0.717) is 27.5 Å². The number of nitrogens with two attached hydrogens (primary N) is 1.